The minimum absolute atomic E-state index is 0.0628. The maximum Gasteiger partial charge on any atom is 0.255 e. The van der Waals surface area contributed by atoms with Crippen LogP contribution in [0.5, 0.6) is 0 Å². The van der Waals surface area contributed by atoms with Crippen molar-refractivity contribution in [3.05, 3.63) is 24.0 Å². The predicted octanol–water partition coefficient (Wildman–Crippen LogP) is 3.68. The first kappa shape index (κ1) is 19.8. The van der Waals surface area contributed by atoms with Gasteiger partial charge in [0.25, 0.3) is 5.91 Å². The molecule has 2 heterocycles. The van der Waals surface area contributed by atoms with Crippen molar-refractivity contribution in [1.82, 2.24) is 10.3 Å². The molecule has 2 amide bonds. The van der Waals surface area contributed by atoms with E-state index < -0.39 is 5.41 Å². The third-order valence-corrected chi connectivity index (χ3v) is 5.59. The second kappa shape index (κ2) is 7.97. The Balaban J connectivity index is 1.68. The number of aromatic nitrogens is 1. The van der Waals surface area contributed by atoms with E-state index in [9.17, 15) is 9.59 Å². The summed E-state index contributed by atoms with van der Waals surface area (Å²) < 4.78 is 6.12. The fourth-order valence-electron chi connectivity index (χ4n) is 3.95. The second-order valence-electron chi connectivity index (χ2n) is 8.88. The summed E-state index contributed by atoms with van der Waals surface area (Å²) in [5.74, 6) is -0.319. The zero-order valence-electron chi connectivity index (χ0n) is 16.6. The highest BCUT2D eigenvalue weighted by Crippen LogP contribution is 2.38. The molecule has 1 atom stereocenters. The Hall–Kier alpha value is -1.95. The van der Waals surface area contributed by atoms with Gasteiger partial charge >= 0.3 is 0 Å². The van der Waals surface area contributed by atoms with Crippen LogP contribution in [0.25, 0.3) is 0 Å². The first-order chi connectivity index (χ1) is 12.8. The van der Waals surface area contributed by atoms with E-state index in [1.165, 1.54) is 25.5 Å². The molecular formula is C21H31N3O3. The highest BCUT2D eigenvalue weighted by Gasteiger charge is 2.39. The Bertz CT molecular complexity index is 685. The van der Waals surface area contributed by atoms with E-state index in [1.807, 2.05) is 20.8 Å². The summed E-state index contributed by atoms with van der Waals surface area (Å²) in [5, 5.41) is 6.01. The van der Waals surface area contributed by atoms with Gasteiger partial charge in [-0.05, 0) is 31.7 Å². The lowest BCUT2D eigenvalue weighted by Gasteiger charge is -2.43. The number of nitrogens with one attached hydrogen (secondary N) is 2. The van der Waals surface area contributed by atoms with Gasteiger partial charge in [-0.1, -0.05) is 40.0 Å². The highest BCUT2D eigenvalue weighted by atomic mass is 16.5. The van der Waals surface area contributed by atoms with Crippen LogP contribution in [0.4, 0.5) is 5.69 Å². The Kier molecular flexibility index (Phi) is 5.84. The molecule has 6 nitrogen and oxygen atoms in total. The van der Waals surface area contributed by atoms with Gasteiger partial charge < -0.3 is 15.4 Å². The molecular weight excluding hydrogens is 342 g/mol. The molecule has 1 spiro atoms. The summed E-state index contributed by atoms with van der Waals surface area (Å²) in [5.41, 5.74) is 0.304. The molecule has 0 bridgehead atoms. The average Bonchev–Trinajstić information content (AvgIpc) is 2.62. The first-order valence-corrected chi connectivity index (χ1v) is 9.99. The fraction of sp³-hybridized carbons (Fsp3) is 0.667. The van der Waals surface area contributed by atoms with Crippen LogP contribution in [-0.4, -0.2) is 35.0 Å². The molecule has 1 aliphatic carbocycles. The maximum absolute atomic E-state index is 12.9. The van der Waals surface area contributed by atoms with E-state index in [2.05, 4.69) is 15.6 Å². The molecule has 148 valence electrons. The molecule has 2 fully saturated rings. The van der Waals surface area contributed by atoms with Crippen molar-refractivity contribution in [3.8, 4) is 0 Å². The van der Waals surface area contributed by atoms with E-state index in [-0.39, 0.29) is 23.5 Å². The number of hydrogen-bond donors (Lipinski definition) is 2. The van der Waals surface area contributed by atoms with Crippen LogP contribution in [0.15, 0.2) is 18.5 Å². The minimum atomic E-state index is -0.537. The molecule has 0 unspecified atom stereocenters. The molecule has 1 saturated heterocycles. The van der Waals surface area contributed by atoms with E-state index in [4.69, 9.17) is 4.74 Å². The molecule has 1 saturated carbocycles. The van der Waals surface area contributed by atoms with Crippen LogP contribution in [0, 0.1) is 5.41 Å². The molecule has 0 radical (unpaired) electrons. The lowest BCUT2D eigenvalue weighted by Crippen LogP contribution is -2.49. The standard InChI is InChI=1S/C21H31N3O3/c1-20(2,3)19(26)24-17-7-11-22-14-16(17)18(25)23-15-8-12-27-21(13-15)9-5-4-6-10-21/h7,11,14-15H,4-6,8-10,12-13H2,1-3H3,(H,23,25)(H,22,24,26)/t15-/m0/s1. The van der Waals surface area contributed by atoms with Crippen LogP contribution in [-0.2, 0) is 9.53 Å². The van der Waals surface area contributed by atoms with Crippen molar-refractivity contribution >= 4 is 17.5 Å². The molecule has 27 heavy (non-hydrogen) atoms. The Morgan fingerprint density at radius 3 is 2.67 bits per heavy atom. The van der Waals surface area contributed by atoms with Crippen molar-refractivity contribution in [2.45, 2.75) is 77.4 Å². The number of rotatable bonds is 3. The molecule has 6 heteroatoms. The molecule has 3 rings (SSSR count). The van der Waals surface area contributed by atoms with Gasteiger partial charge in [-0.3, -0.25) is 14.6 Å². The lowest BCUT2D eigenvalue weighted by molar-refractivity contribution is -0.123. The van der Waals surface area contributed by atoms with Gasteiger partial charge in [0.15, 0.2) is 0 Å². The monoisotopic (exact) mass is 373 g/mol. The van der Waals surface area contributed by atoms with Crippen LogP contribution < -0.4 is 10.6 Å². The Morgan fingerprint density at radius 2 is 1.96 bits per heavy atom. The topological polar surface area (TPSA) is 80.3 Å². The number of amides is 2. The zero-order chi connectivity index (χ0) is 19.5. The van der Waals surface area contributed by atoms with Crippen molar-refractivity contribution in [2.75, 3.05) is 11.9 Å². The lowest BCUT2D eigenvalue weighted by atomic mass is 9.78. The number of carbonyl (C=O) groups is 2. The van der Waals surface area contributed by atoms with Crippen LogP contribution in [0.2, 0.25) is 0 Å². The normalized spacial score (nSPS) is 22.3. The van der Waals surface area contributed by atoms with Gasteiger partial charge in [0, 0.05) is 30.5 Å². The summed E-state index contributed by atoms with van der Waals surface area (Å²) in [6, 6.07) is 1.77. The molecule has 2 aliphatic rings. The van der Waals surface area contributed by atoms with Gasteiger partial charge in [0.2, 0.25) is 5.91 Å². The Morgan fingerprint density at radius 1 is 1.22 bits per heavy atom. The molecule has 1 aliphatic heterocycles. The smallest absolute Gasteiger partial charge is 0.255 e. The molecule has 1 aromatic rings. The molecule has 2 N–H and O–H groups in total. The molecule has 0 aromatic carbocycles. The number of ether oxygens (including phenoxy) is 1. The van der Waals surface area contributed by atoms with Crippen LogP contribution >= 0.6 is 0 Å². The number of carbonyl (C=O) groups excluding carboxylic acids is 2. The maximum atomic E-state index is 12.9. The summed E-state index contributed by atoms with van der Waals surface area (Å²) in [7, 11) is 0. The number of hydrogen-bond acceptors (Lipinski definition) is 4. The van der Waals surface area contributed by atoms with Crippen molar-refractivity contribution in [3.63, 3.8) is 0 Å². The first-order valence-electron chi connectivity index (χ1n) is 9.99. The largest absolute Gasteiger partial charge is 0.375 e. The zero-order valence-corrected chi connectivity index (χ0v) is 16.6. The van der Waals surface area contributed by atoms with Crippen LogP contribution in [0.1, 0.15) is 76.1 Å². The average molecular weight is 373 g/mol. The van der Waals surface area contributed by atoms with E-state index in [1.54, 1.807) is 12.3 Å². The van der Waals surface area contributed by atoms with Gasteiger partial charge in [-0.25, -0.2) is 0 Å². The second-order valence-corrected chi connectivity index (χ2v) is 8.88. The van der Waals surface area contributed by atoms with Crippen molar-refractivity contribution in [2.24, 2.45) is 5.41 Å². The third-order valence-electron chi connectivity index (χ3n) is 5.59. The van der Waals surface area contributed by atoms with Gasteiger partial charge in [-0.2, -0.15) is 0 Å². The van der Waals surface area contributed by atoms with E-state index in [0.29, 0.717) is 17.9 Å². The van der Waals surface area contributed by atoms with Crippen LogP contribution in [0.3, 0.4) is 0 Å². The third kappa shape index (κ3) is 4.86. The number of anilines is 1. The Labute approximate surface area is 161 Å². The highest BCUT2D eigenvalue weighted by molar-refractivity contribution is 6.04. The minimum Gasteiger partial charge on any atom is -0.375 e. The summed E-state index contributed by atoms with van der Waals surface area (Å²) in [4.78, 5) is 29.3. The predicted molar refractivity (Wildman–Crippen MR) is 105 cm³/mol. The summed E-state index contributed by atoms with van der Waals surface area (Å²) >= 11 is 0. The number of nitrogens with zero attached hydrogens (tertiary/aromatic N) is 1. The quantitative estimate of drug-likeness (QED) is 0.847. The fourth-order valence-corrected chi connectivity index (χ4v) is 3.95. The van der Waals surface area contributed by atoms with Gasteiger partial charge in [-0.15, -0.1) is 0 Å². The summed E-state index contributed by atoms with van der Waals surface area (Å²) in [6.07, 6.45) is 10.6. The van der Waals surface area contributed by atoms with Gasteiger partial charge in [0.05, 0.1) is 16.9 Å². The number of pyridine rings is 1. The van der Waals surface area contributed by atoms with E-state index in [0.717, 1.165) is 25.7 Å². The van der Waals surface area contributed by atoms with Crippen molar-refractivity contribution in [1.29, 1.82) is 0 Å². The van der Waals surface area contributed by atoms with E-state index >= 15 is 0 Å². The molecule has 1 aromatic heterocycles. The summed E-state index contributed by atoms with van der Waals surface area (Å²) in [6.45, 7) is 6.21. The van der Waals surface area contributed by atoms with Gasteiger partial charge in [0.1, 0.15) is 0 Å². The SMILES string of the molecule is CC(C)(C)C(=O)Nc1ccncc1C(=O)N[C@H]1CCOC2(CCCCC2)C1. The van der Waals surface area contributed by atoms with Crippen molar-refractivity contribution < 1.29 is 14.3 Å².